The molecular formula is C21H20N2O4S2. The van der Waals surface area contributed by atoms with Crippen molar-refractivity contribution in [1.82, 2.24) is 10.0 Å². The van der Waals surface area contributed by atoms with Crippen LogP contribution in [-0.4, -0.2) is 20.9 Å². The van der Waals surface area contributed by atoms with E-state index in [1.165, 1.54) is 23.5 Å². The molecule has 1 aliphatic rings. The first kappa shape index (κ1) is 19.6. The molecule has 0 bridgehead atoms. The van der Waals surface area contributed by atoms with Crippen molar-refractivity contribution in [2.75, 3.05) is 6.61 Å². The van der Waals surface area contributed by atoms with E-state index >= 15 is 0 Å². The first-order valence-corrected chi connectivity index (χ1v) is 11.5. The number of para-hydroxylation sites is 1. The number of fused-ring (bicyclic) bond motifs is 1. The first-order valence-electron chi connectivity index (χ1n) is 9.18. The summed E-state index contributed by atoms with van der Waals surface area (Å²) in [6, 6.07) is 17.2. The fourth-order valence-electron chi connectivity index (χ4n) is 3.20. The molecule has 0 aliphatic carbocycles. The molecule has 0 radical (unpaired) electrons. The predicted molar refractivity (Wildman–Crippen MR) is 112 cm³/mol. The summed E-state index contributed by atoms with van der Waals surface area (Å²) in [5.41, 5.74) is 1.22. The van der Waals surface area contributed by atoms with Crippen molar-refractivity contribution in [3.05, 3.63) is 82.0 Å². The van der Waals surface area contributed by atoms with Gasteiger partial charge >= 0.3 is 0 Å². The number of hydrogen-bond acceptors (Lipinski definition) is 5. The van der Waals surface area contributed by atoms with Crippen LogP contribution >= 0.6 is 11.3 Å². The van der Waals surface area contributed by atoms with Crippen molar-refractivity contribution in [3.8, 4) is 5.75 Å². The molecule has 1 aliphatic heterocycles. The molecule has 150 valence electrons. The Morgan fingerprint density at radius 2 is 1.97 bits per heavy atom. The number of carbonyl (C=O) groups excluding carboxylic acids is 1. The van der Waals surface area contributed by atoms with E-state index in [9.17, 15) is 13.2 Å². The van der Waals surface area contributed by atoms with Crippen LogP contribution in [0.25, 0.3) is 0 Å². The molecule has 2 heterocycles. The van der Waals surface area contributed by atoms with Crippen molar-refractivity contribution in [2.45, 2.75) is 23.9 Å². The average Bonchev–Trinajstić information content (AvgIpc) is 3.26. The Labute approximate surface area is 173 Å². The van der Waals surface area contributed by atoms with Gasteiger partial charge in [0.25, 0.3) is 5.91 Å². The van der Waals surface area contributed by atoms with E-state index in [1.54, 1.807) is 12.1 Å². The highest BCUT2D eigenvalue weighted by Gasteiger charge is 2.24. The summed E-state index contributed by atoms with van der Waals surface area (Å²) in [5.74, 6) is 0.445. The minimum Gasteiger partial charge on any atom is -0.493 e. The standard InChI is InChI=1S/C21H20N2O4S2/c24-21(23-19-10-11-27-20-9-2-1-8-18(19)20)15-5-3-7-17(13-15)29(25,26)22-14-16-6-4-12-28-16/h1-9,12-13,19,22H,10-11,14H2,(H,23,24). The highest BCUT2D eigenvalue weighted by Crippen LogP contribution is 2.31. The molecule has 0 fully saturated rings. The number of thiophene rings is 1. The third-order valence-electron chi connectivity index (χ3n) is 4.69. The number of rotatable bonds is 6. The van der Waals surface area contributed by atoms with Crippen LogP contribution in [0, 0.1) is 0 Å². The SMILES string of the molecule is O=C(NC1CCOc2ccccc21)c1cccc(S(=O)(=O)NCc2cccs2)c1. The number of sulfonamides is 1. The van der Waals surface area contributed by atoms with E-state index < -0.39 is 10.0 Å². The van der Waals surface area contributed by atoms with Gasteiger partial charge < -0.3 is 10.1 Å². The van der Waals surface area contributed by atoms with Crippen LogP contribution in [0.5, 0.6) is 5.75 Å². The fourth-order valence-corrected chi connectivity index (χ4v) is 4.99. The first-order chi connectivity index (χ1) is 14.0. The lowest BCUT2D eigenvalue weighted by molar-refractivity contribution is 0.0924. The molecule has 0 saturated carbocycles. The maximum Gasteiger partial charge on any atom is 0.251 e. The third kappa shape index (κ3) is 4.50. The van der Waals surface area contributed by atoms with Gasteiger partial charge in [0, 0.05) is 29.0 Å². The highest BCUT2D eigenvalue weighted by molar-refractivity contribution is 7.89. The van der Waals surface area contributed by atoms with Crippen LogP contribution in [0.4, 0.5) is 0 Å². The molecule has 1 unspecified atom stereocenters. The quantitative estimate of drug-likeness (QED) is 0.630. The van der Waals surface area contributed by atoms with E-state index in [1.807, 2.05) is 41.8 Å². The van der Waals surface area contributed by atoms with Gasteiger partial charge in [0.15, 0.2) is 0 Å². The van der Waals surface area contributed by atoms with Crippen molar-refractivity contribution in [2.24, 2.45) is 0 Å². The van der Waals surface area contributed by atoms with Crippen LogP contribution in [0.2, 0.25) is 0 Å². The maximum atomic E-state index is 12.8. The van der Waals surface area contributed by atoms with E-state index in [0.29, 0.717) is 18.6 Å². The van der Waals surface area contributed by atoms with E-state index in [4.69, 9.17) is 4.74 Å². The van der Waals surface area contributed by atoms with Crippen molar-refractivity contribution in [3.63, 3.8) is 0 Å². The zero-order valence-corrected chi connectivity index (χ0v) is 17.1. The van der Waals surface area contributed by atoms with E-state index in [2.05, 4.69) is 10.0 Å². The number of benzene rings is 2. The Morgan fingerprint density at radius 3 is 2.79 bits per heavy atom. The number of amides is 1. The second-order valence-electron chi connectivity index (χ2n) is 6.63. The molecule has 8 heteroatoms. The lowest BCUT2D eigenvalue weighted by Crippen LogP contribution is -2.32. The van der Waals surface area contributed by atoms with Gasteiger partial charge in [0.1, 0.15) is 5.75 Å². The monoisotopic (exact) mass is 428 g/mol. The van der Waals surface area contributed by atoms with Crippen LogP contribution < -0.4 is 14.8 Å². The highest BCUT2D eigenvalue weighted by atomic mass is 32.2. The second-order valence-corrected chi connectivity index (χ2v) is 9.43. The Bertz CT molecular complexity index is 1110. The molecule has 3 aromatic rings. The van der Waals surface area contributed by atoms with Crippen molar-refractivity contribution in [1.29, 1.82) is 0 Å². The molecule has 2 N–H and O–H groups in total. The molecule has 1 aromatic heterocycles. The average molecular weight is 429 g/mol. The molecule has 29 heavy (non-hydrogen) atoms. The van der Waals surface area contributed by atoms with Gasteiger partial charge in [-0.2, -0.15) is 0 Å². The smallest absolute Gasteiger partial charge is 0.251 e. The van der Waals surface area contributed by atoms with Gasteiger partial charge in [-0.15, -0.1) is 11.3 Å². The summed E-state index contributed by atoms with van der Waals surface area (Å²) in [5, 5.41) is 4.88. The largest absolute Gasteiger partial charge is 0.493 e. The summed E-state index contributed by atoms with van der Waals surface area (Å²) in [6.07, 6.45) is 0.656. The predicted octanol–water partition coefficient (Wildman–Crippen LogP) is 3.48. The summed E-state index contributed by atoms with van der Waals surface area (Å²) in [7, 11) is -3.72. The lowest BCUT2D eigenvalue weighted by Gasteiger charge is -2.26. The van der Waals surface area contributed by atoms with E-state index in [-0.39, 0.29) is 23.4 Å². The van der Waals surface area contributed by atoms with E-state index in [0.717, 1.165) is 16.2 Å². The summed E-state index contributed by atoms with van der Waals surface area (Å²) < 4.78 is 33.4. The molecule has 0 saturated heterocycles. The van der Waals surface area contributed by atoms with Crippen LogP contribution in [0.15, 0.2) is 70.9 Å². The third-order valence-corrected chi connectivity index (χ3v) is 6.96. The van der Waals surface area contributed by atoms with Gasteiger partial charge in [-0.25, -0.2) is 13.1 Å². The van der Waals surface area contributed by atoms with Gasteiger partial charge in [-0.3, -0.25) is 4.79 Å². The number of hydrogen-bond donors (Lipinski definition) is 2. The van der Waals surface area contributed by atoms with Crippen molar-refractivity contribution >= 4 is 27.3 Å². The Kier molecular flexibility index (Phi) is 5.66. The van der Waals surface area contributed by atoms with Crippen LogP contribution in [0.3, 0.4) is 0 Å². The van der Waals surface area contributed by atoms with Gasteiger partial charge in [-0.1, -0.05) is 30.3 Å². The van der Waals surface area contributed by atoms with Crippen molar-refractivity contribution < 1.29 is 17.9 Å². The minimum absolute atomic E-state index is 0.0640. The summed E-state index contributed by atoms with van der Waals surface area (Å²) >= 11 is 1.48. The minimum atomic E-state index is -3.72. The van der Waals surface area contributed by atoms with Gasteiger partial charge in [0.05, 0.1) is 17.5 Å². The fraction of sp³-hybridized carbons (Fsp3) is 0.190. The second kappa shape index (κ2) is 8.36. The Balaban J connectivity index is 1.49. The normalized spacial score (nSPS) is 15.9. The maximum absolute atomic E-state index is 12.8. The number of ether oxygens (including phenoxy) is 1. The molecule has 1 atom stereocenters. The topological polar surface area (TPSA) is 84.5 Å². The number of carbonyl (C=O) groups is 1. The summed E-state index contributed by atoms with van der Waals surface area (Å²) in [4.78, 5) is 13.8. The molecule has 0 spiro atoms. The van der Waals surface area contributed by atoms with Crippen LogP contribution in [-0.2, 0) is 16.6 Å². The summed E-state index contributed by atoms with van der Waals surface area (Å²) in [6.45, 7) is 0.734. The molecular weight excluding hydrogens is 408 g/mol. The zero-order valence-electron chi connectivity index (χ0n) is 15.5. The Hall–Kier alpha value is -2.68. The van der Waals surface area contributed by atoms with Gasteiger partial charge in [0.2, 0.25) is 10.0 Å². The molecule has 2 aromatic carbocycles. The number of nitrogens with one attached hydrogen (secondary N) is 2. The lowest BCUT2D eigenvalue weighted by atomic mass is 10.00. The Morgan fingerprint density at radius 1 is 1.10 bits per heavy atom. The zero-order chi connectivity index (χ0) is 20.3. The molecule has 1 amide bonds. The van der Waals surface area contributed by atoms with Crippen LogP contribution in [0.1, 0.15) is 33.3 Å². The molecule has 6 nitrogen and oxygen atoms in total. The molecule has 4 rings (SSSR count). The van der Waals surface area contributed by atoms with Gasteiger partial charge in [-0.05, 0) is 35.7 Å².